The fraction of sp³-hybridized carbons (Fsp3) is 0.585. The summed E-state index contributed by atoms with van der Waals surface area (Å²) in [5.74, 6) is -11.7. The number of nitrogens with zero attached hydrogens (tertiary/aromatic N) is 2. The Bertz CT molecular complexity index is 2480. The van der Waals surface area contributed by atoms with Crippen LogP contribution in [0.2, 0.25) is 0 Å². The molecule has 2 bridgehead atoms. The SMILES string of the molecule is CCC(C)[C@@H]1NC(=O)C(Cc2ccc(O)cc2)N(C)C(=O)C(C(C)O)N2C(=O)C(CCC2O)NC(=O)C(CC(C)C)NC(=O)C(NC(=O)[C@H](CCC(N)=O)NC(=O)C(CCc2ccc(O)cc2)NC(=O)[C@H](O)CO)[C@@H](C)OC1=O. The molecule has 2 aliphatic rings. The number of nitrogens with one attached hydrogen (secondary N) is 6. The lowest BCUT2D eigenvalue weighted by atomic mass is 9.95. The van der Waals surface area contributed by atoms with Crippen LogP contribution in [-0.4, -0.2) is 186 Å². The molecule has 436 valence electrons. The predicted molar refractivity (Wildman–Crippen MR) is 280 cm³/mol. The number of primary amides is 1. The summed E-state index contributed by atoms with van der Waals surface area (Å²) in [5, 5.41) is 76.9. The van der Waals surface area contributed by atoms with Crippen molar-refractivity contribution in [2.75, 3.05) is 13.7 Å². The van der Waals surface area contributed by atoms with E-state index in [1.165, 1.54) is 57.3 Å². The molecule has 13 atom stereocenters. The van der Waals surface area contributed by atoms with Crippen LogP contribution in [0.4, 0.5) is 0 Å². The summed E-state index contributed by atoms with van der Waals surface area (Å²) >= 11 is 0. The lowest BCUT2D eigenvalue weighted by Gasteiger charge is -2.43. The second kappa shape index (κ2) is 29.5. The third-order valence-corrected chi connectivity index (χ3v) is 13.9. The van der Waals surface area contributed by atoms with Crippen molar-refractivity contribution in [3.8, 4) is 11.5 Å². The van der Waals surface area contributed by atoms with Crippen LogP contribution in [0.3, 0.4) is 0 Å². The van der Waals surface area contributed by atoms with Gasteiger partial charge in [0, 0.05) is 19.9 Å². The van der Waals surface area contributed by atoms with E-state index in [1.54, 1.807) is 39.8 Å². The molecule has 4 rings (SSSR count). The molecule has 2 aromatic carbocycles. The number of rotatable bonds is 20. The molecule has 26 nitrogen and oxygen atoms in total. The Kier molecular flexibility index (Phi) is 24.0. The van der Waals surface area contributed by atoms with Gasteiger partial charge in [-0.3, -0.25) is 43.2 Å². The van der Waals surface area contributed by atoms with Crippen molar-refractivity contribution in [3.05, 3.63) is 59.7 Å². The number of phenols is 2. The maximum Gasteiger partial charge on any atom is 0.329 e. The number of aryl methyl sites for hydroxylation is 1. The molecular weight excluding hydrogens is 1030 g/mol. The summed E-state index contributed by atoms with van der Waals surface area (Å²) in [6, 6.07) is -1.54. The Balaban J connectivity index is 1.84. The molecule has 0 aliphatic carbocycles. The number of benzene rings is 2. The highest BCUT2D eigenvalue weighted by atomic mass is 16.5. The second-order valence-corrected chi connectivity index (χ2v) is 20.6. The summed E-state index contributed by atoms with van der Waals surface area (Å²) in [4.78, 5) is 143. The van der Waals surface area contributed by atoms with Crippen LogP contribution < -0.4 is 37.6 Å². The number of amides is 9. The largest absolute Gasteiger partial charge is 0.508 e. The summed E-state index contributed by atoms with van der Waals surface area (Å²) in [5.41, 5.74) is 6.48. The maximum absolute atomic E-state index is 14.8. The highest BCUT2D eigenvalue weighted by molar-refractivity contribution is 5.99. The van der Waals surface area contributed by atoms with Crippen molar-refractivity contribution in [3.63, 3.8) is 0 Å². The summed E-state index contributed by atoms with van der Waals surface area (Å²) in [6.07, 6.45) is -8.60. The quantitative estimate of drug-likeness (QED) is 0.0603. The molecule has 9 amide bonds. The minimum absolute atomic E-state index is 0.0484. The number of aliphatic hydroxyl groups is 4. The number of piperidine rings is 1. The number of nitrogens with two attached hydrogens (primary N) is 1. The van der Waals surface area contributed by atoms with E-state index in [4.69, 9.17) is 10.5 Å². The van der Waals surface area contributed by atoms with Crippen molar-refractivity contribution in [2.24, 2.45) is 17.6 Å². The molecule has 2 heterocycles. The lowest BCUT2D eigenvalue weighted by molar-refractivity contribution is -0.170. The zero-order chi connectivity index (χ0) is 59.0. The van der Waals surface area contributed by atoms with Crippen molar-refractivity contribution in [1.82, 2.24) is 41.7 Å². The van der Waals surface area contributed by atoms with Crippen LogP contribution in [0.1, 0.15) is 97.6 Å². The van der Waals surface area contributed by atoms with E-state index in [2.05, 4.69) is 31.9 Å². The number of phenolic OH excluding ortho intramolecular Hbond substituents is 2. The van der Waals surface area contributed by atoms with E-state index < -0.39 is 157 Å². The molecule has 2 aliphatic heterocycles. The number of aliphatic hydroxyl groups excluding tert-OH is 4. The second-order valence-electron chi connectivity index (χ2n) is 20.6. The first-order valence-electron chi connectivity index (χ1n) is 26.3. The van der Waals surface area contributed by atoms with Crippen molar-refractivity contribution < 1.29 is 83.3 Å². The molecule has 0 aromatic heterocycles. The Labute approximate surface area is 457 Å². The normalized spacial score (nSPS) is 24.7. The van der Waals surface area contributed by atoms with E-state index in [0.717, 1.165) is 9.80 Å². The Morgan fingerprint density at radius 3 is 1.91 bits per heavy atom. The van der Waals surface area contributed by atoms with Gasteiger partial charge in [0.1, 0.15) is 72.2 Å². The average molecular weight is 1110 g/mol. The number of likely N-dealkylation sites (N-methyl/N-ethyl adjacent to an activating group) is 1. The first-order chi connectivity index (χ1) is 37.2. The van der Waals surface area contributed by atoms with Gasteiger partial charge in [-0.15, -0.1) is 0 Å². The van der Waals surface area contributed by atoms with Gasteiger partial charge in [0.15, 0.2) is 6.10 Å². The van der Waals surface area contributed by atoms with Crippen LogP contribution >= 0.6 is 0 Å². The van der Waals surface area contributed by atoms with E-state index >= 15 is 0 Å². The van der Waals surface area contributed by atoms with Crippen molar-refractivity contribution >= 4 is 59.1 Å². The fourth-order valence-electron chi connectivity index (χ4n) is 9.09. The Hall–Kier alpha value is -7.42. The zero-order valence-electron chi connectivity index (χ0n) is 45.4. The van der Waals surface area contributed by atoms with E-state index in [1.807, 2.05) is 0 Å². The smallest absolute Gasteiger partial charge is 0.329 e. The van der Waals surface area contributed by atoms with Gasteiger partial charge in [0.05, 0.1) is 12.7 Å². The first kappa shape index (κ1) is 64.1. The molecule has 2 saturated heterocycles. The van der Waals surface area contributed by atoms with Crippen LogP contribution in [-0.2, 0) is 65.5 Å². The van der Waals surface area contributed by atoms with Gasteiger partial charge in [-0.25, -0.2) is 4.79 Å². The number of esters is 1. The van der Waals surface area contributed by atoms with E-state index in [9.17, 15) is 78.6 Å². The number of ether oxygens (including phenoxy) is 1. The minimum Gasteiger partial charge on any atom is -0.508 e. The van der Waals surface area contributed by atoms with Gasteiger partial charge >= 0.3 is 5.97 Å². The minimum atomic E-state index is -1.96. The third kappa shape index (κ3) is 18.1. The number of hydrogen-bond acceptors (Lipinski definition) is 17. The number of carbonyl (C=O) groups is 10. The molecule has 0 saturated carbocycles. The van der Waals surface area contributed by atoms with E-state index in [-0.39, 0.29) is 62.4 Å². The number of cyclic esters (lactones) is 1. The standard InChI is InChI=1S/C53H77N9O17/c1-8-27(4)42-53(78)79-29(6)43(60-46(71)35(19-21-40(54)68)55-45(70)34(56-49(74)39(67)25-63)18-13-30-9-14-32(65)15-10-30)50(75)58-37(23-26(2)3)47(72)57-36-20-22-41(69)62(51(36)76)44(28(5)64)52(77)61(7)38(48(73)59-42)24-31-11-16-33(66)17-12-31/h9-12,14-17,26-29,34-39,41-44,63-67,69H,8,13,18-25H2,1-7H3,(H2,54,68)(H,55,70)(H,56,74)(H,57,72)(H,58,75)(H,59,73)(H,60,71)/t27?,28?,29-,34?,35+,36?,37?,38?,39-,41?,42+,43?,44?/m1/s1. The Morgan fingerprint density at radius 1 is 0.772 bits per heavy atom. The molecule has 9 unspecified atom stereocenters. The molecule has 2 aromatic rings. The van der Waals surface area contributed by atoms with Crippen LogP contribution in [0.5, 0.6) is 11.5 Å². The monoisotopic (exact) mass is 1110 g/mol. The lowest BCUT2D eigenvalue weighted by Crippen LogP contribution is -2.67. The van der Waals surface area contributed by atoms with Crippen LogP contribution in [0.15, 0.2) is 48.5 Å². The van der Waals surface area contributed by atoms with Gasteiger partial charge in [0.25, 0.3) is 5.91 Å². The van der Waals surface area contributed by atoms with E-state index in [0.29, 0.717) is 11.1 Å². The molecule has 0 radical (unpaired) electrons. The highest BCUT2D eigenvalue weighted by Crippen LogP contribution is 2.26. The highest BCUT2D eigenvalue weighted by Gasteiger charge is 2.47. The number of hydrogen-bond donors (Lipinski definition) is 13. The third-order valence-electron chi connectivity index (χ3n) is 13.9. The maximum atomic E-state index is 14.8. The van der Waals surface area contributed by atoms with Gasteiger partial charge in [0.2, 0.25) is 47.3 Å². The van der Waals surface area contributed by atoms with Gasteiger partial charge in [-0.1, -0.05) is 58.4 Å². The number of fused-ring (bicyclic) bond motifs is 2. The predicted octanol–water partition coefficient (Wildman–Crippen LogP) is -2.64. The Morgan fingerprint density at radius 2 is 1.35 bits per heavy atom. The van der Waals surface area contributed by atoms with Gasteiger partial charge in [-0.05, 0) is 99.6 Å². The zero-order valence-corrected chi connectivity index (χ0v) is 45.4. The molecule has 14 N–H and O–H groups in total. The molecule has 26 heteroatoms. The van der Waals surface area contributed by atoms with Gasteiger partial charge < -0.3 is 82.8 Å². The van der Waals surface area contributed by atoms with Crippen molar-refractivity contribution in [1.29, 1.82) is 0 Å². The fourth-order valence-corrected chi connectivity index (χ4v) is 9.09. The number of carbonyl (C=O) groups excluding carboxylic acids is 10. The topological polar surface area (TPSA) is 406 Å². The molecule has 0 spiro atoms. The average Bonchev–Trinajstić information content (AvgIpc) is 3.40. The van der Waals surface area contributed by atoms with Crippen LogP contribution in [0.25, 0.3) is 0 Å². The molecular formula is C53H77N9O17. The number of aromatic hydroxyl groups is 2. The first-order valence-corrected chi connectivity index (χ1v) is 26.3. The molecule has 2 fully saturated rings. The van der Waals surface area contributed by atoms with Gasteiger partial charge in [-0.2, -0.15) is 0 Å². The van der Waals surface area contributed by atoms with Crippen molar-refractivity contribution in [2.45, 2.75) is 172 Å². The summed E-state index contributed by atoms with van der Waals surface area (Å²) in [6.45, 7) is 8.12. The molecule has 79 heavy (non-hydrogen) atoms. The van der Waals surface area contributed by atoms with Crippen LogP contribution in [0, 0.1) is 11.8 Å². The summed E-state index contributed by atoms with van der Waals surface area (Å²) < 4.78 is 5.91. The summed E-state index contributed by atoms with van der Waals surface area (Å²) in [7, 11) is 1.22.